The number of anilines is 2. The third-order valence-electron chi connectivity index (χ3n) is 5.39. The lowest BCUT2D eigenvalue weighted by molar-refractivity contribution is -0.141. The van der Waals surface area contributed by atoms with E-state index in [-0.39, 0.29) is 18.6 Å². The summed E-state index contributed by atoms with van der Waals surface area (Å²) in [6.45, 7) is -0.394. The van der Waals surface area contributed by atoms with Crippen LogP contribution in [0.1, 0.15) is 17.5 Å². The summed E-state index contributed by atoms with van der Waals surface area (Å²) in [5, 5.41) is 11.1. The van der Waals surface area contributed by atoms with Gasteiger partial charge < -0.3 is 9.84 Å². The number of ketones is 1. The molecule has 0 aliphatic heterocycles. The highest BCUT2D eigenvalue weighted by molar-refractivity contribution is 5.96. The van der Waals surface area contributed by atoms with E-state index in [1.54, 1.807) is 24.3 Å². The first kappa shape index (κ1) is 19.9. The van der Waals surface area contributed by atoms with E-state index in [0.717, 1.165) is 11.1 Å². The molecule has 152 valence electrons. The van der Waals surface area contributed by atoms with Crippen LogP contribution in [-0.4, -0.2) is 29.2 Å². The van der Waals surface area contributed by atoms with Gasteiger partial charge in [-0.1, -0.05) is 60.7 Å². The number of amides is 1. The predicted octanol–water partition coefficient (Wildman–Crippen LogP) is 4.45. The Morgan fingerprint density at radius 3 is 1.97 bits per heavy atom. The van der Waals surface area contributed by atoms with E-state index in [4.69, 9.17) is 4.74 Å². The van der Waals surface area contributed by atoms with Gasteiger partial charge in [0.05, 0.1) is 11.4 Å². The fourth-order valence-corrected chi connectivity index (χ4v) is 3.76. The molecule has 1 aliphatic carbocycles. The molecule has 0 heterocycles. The molecule has 5 nitrogen and oxygen atoms in total. The molecule has 0 radical (unpaired) electrons. The quantitative estimate of drug-likeness (QED) is 0.656. The third kappa shape index (κ3) is 4.11. The maximum atomic E-state index is 13.0. The van der Waals surface area contributed by atoms with Gasteiger partial charge in [-0.05, 0) is 41.8 Å². The topological polar surface area (TPSA) is 66.8 Å². The highest BCUT2D eigenvalue weighted by atomic mass is 16.6. The van der Waals surface area contributed by atoms with Gasteiger partial charge in [0.15, 0.2) is 11.4 Å². The standard InChI is InChI=1S/C25H23NO4/c27-23-16-15-19-9-7-8-10-20(19)17-25(23,29)18-30-24(28)26(21-11-3-1-4-12-21)22-13-5-2-6-14-22/h1-14,29H,15-18H2. The molecule has 1 atom stereocenters. The van der Waals surface area contributed by atoms with Gasteiger partial charge in [0.2, 0.25) is 0 Å². The van der Waals surface area contributed by atoms with Crippen molar-refractivity contribution < 1.29 is 19.4 Å². The summed E-state index contributed by atoms with van der Waals surface area (Å²) < 4.78 is 5.51. The highest BCUT2D eigenvalue weighted by Crippen LogP contribution is 2.28. The van der Waals surface area contributed by atoms with E-state index < -0.39 is 18.3 Å². The highest BCUT2D eigenvalue weighted by Gasteiger charge is 2.40. The van der Waals surface area contributed by atoms with Gasteiger partial charge in [-0.2, -0.15) is 0 Å². The average Bonchev–Trinajstić information content (AvgIpc) is 2.91. The van der Waals surface area contributed by atoms with Crippen molar-refractivity contribution in [3.8, 4) is 0 Å². The molecule has 0 saturated carbocycles. The van der Waals surface area contributed by atoms with E-state index >= 15 is 0 Å². The van der Waals surface area contributed by atoms with E-state index in [9.17, 15) is 14.7 Å². The van der Waals surface area contributed by atoms with E-state index in [1.165, 1.54) is 4.90 Å². The normalized spacial score (nSPS) is 18.2. The predicted molar refractivity (Wildman–Crippen MR) is 115 cm³/mol. The fraction of sp³-hybridized carbons (Fsp3) is 0.200. The molecule has 0 spiro atoms. The molecule has 4 rings (SSSR count). The lowest BCUT2D eigenvalue weighted by Crippen LogP contribution is -2.46. The summed E-state index contributed by atoms with van der Waals surface area (Å²) in [4.78, 5) is 27.1. The first-order valence-corrected chi connectivity index (χ1v) is 9.96. The van der Waals surface area contributed by atoms with Crippen molar-refractivity contribution in [3.63, 3.8) is 0 Å². The van der Waals surface area contributed by atoms with Crippen LogP contribution in [0.3, 0.4) is 0 Å². The lowest BCUT2D eigenvalue weighted by Gasteiger charge is -2.28. The number of carbonyl (C=O) groups is 2. The maximum absolute atomic E-state index is 13.0. The minimum atomic E-state index is -1.73. The van der Waals surface area contributed by atoms with Gasteiger partial charge in [-0.15, -0.1) is 0 Å². The van der Waals surface area contributed by atoms with Crippen molar-refractivity contribution >= 4 is 23.3 Å². The molecule has 1 amide bonds. The van der Waals surface area contributed by atoms with Crippen LogP contribution in [0.25, 0.3) is 0 Å². The fourth-order valence-electron chi connectivity index (χ4n) is 3.76. The van der Waals surface area contributed by atoms with Crippen molar-refractivity contribution in [1.29, 1.82) is 0 Å². The molecule has 0 bridgehead atoms. The molecule has 3 aromatic rings. The Labute approximate surface area is 175 Å². The number of aryl methyl sites for hydroxylation is 1. The molecule has 3 aromatic carbocycles. The summed E-state index contributed by atoms with van der Waals surface area (Å²) in [6.07, 6.45) is 0.273. The molecule has 1 N–H and O–H groups in total. The van der Waals surface area contributed by atoms with Crippen molar-refractivity contribution in [2.45, 2.75) is 24.9 Å². The van der Waals surface area contributed by atoms with Gasteiger partial charge in [-0.25, -0.2) is 9.69 Å². The molecule has 0 aromatic heterocycles. The number of rotatable bonds is 4. The third-order valence-corrected chi connectivity index (χ3v) is 5.39. The Bertz CT molecular complexity index is 996. The number of ether oxygens (including phenoxy) is 1. The smallest absolute Gasteiger partial charge is 0.419 e. The van der Waals surface area contributed by atoms with E-state index in [1.807, 2.05) is 60.7 Å². The number of aliphatic hydroxyl groups is 1. The Morgan fingerprint density at radius 1 is 0.833 bits per heavy atom. The zero-order chi connectivity index (χ0) is 21.0. The van der Waals surface area contributed by atoms with Gasteiger partial charge in [-0.3, -0.25) is 4.79 Å². The van der Waals surface area contributed by atoms with Gasteiger partial charge >= 0.3 is 6.09 Å². The molecule has 0 fully saturated rings. The van der Waals surface area contributed by atoms with Crippen LogP contribution in [0, 0.1) is 0 Å². The van der Waals surface area contributed by atoms with Gasteiger partial charge in [0.25, 0.3) is 0 Å². The van der Waals surface area contributed by atoms with Crippen LogP contribution in [0.15, 0.2) is 84.9 Å². The number of carbonyl (C=O) groups excluding carboxylic acids is 2. The summed E-state index contributed by atoms with van der Waals surface area (Å²) in [7, 11) is 0. The van der Waals surface area contributed by atoms with Crippen molar-refractivity contribution in [2.75, 3.05) is 11.5 Å². The second-order valence-corrected chi connectivity index (χ2v) is 7.46. The first-order valence-electron chi connectivity index (χ1n) is 9.96. The number of hydrogen-bond acceptors (Lipinski definition) is 4. The molecule has 0 saturated heterocycles. The summed E-state index contributed by atoms with van der Waals surface area (Å²) in [6, 6.07) is 25.9. The van der Waals surface area contributed by atoms with E-state index in [0.29, 0.717) is 17.8 Å². The maximum Gasteiger partial charge on any atom is 0.419 e. The van der Waals surface area contributed by atoms with Crippen LogP contribution in [0.4, 0.5) is 16.2 Å². The number of hydrogen-bond donors (Lipinski definition) is 1. The SMILES string of the molecule is O=C(OCC1(O)Cc2ccccc2CCC1=O)N(c1ccccc1)c1ccccc1. The Hall–Kier alpha value is -3.44. The Kier molecular flexibility index (Phi) is 5.63. The molecule has 1 unspecified atom stereocenters. The molecular formula is C25H23NO4. The average molecular weight is 401 g/mol. The minimum absolute atomic E-state index is 0.131. The number of fused-ring (bicyclic) bond motifs is 1. The Morgan fingerprint density at radius 2 is 1.37 bits per heavy atom. The van der Waals surface area contributed by atoms with Crippen molar-refractivity contribution in [2.24, 2.45) is 0 Å². The van der Waals surface area contributed by atoms with Crippen LogP contribution < -0.4 is 4.90 Å². The summed E-state index contributed by atoms with van der Waals surface area (Å²) >= 11 is 0. The van der Waals surface area contributed by atoms with Crippen LogP contribution >= 0.6 is 0 Å². The van der Waals surface area contributed by atoms with Gasteiger partial charge in [0.1, 0.15) is 6.61 Å². The monoisotopic (exact) mass is 401 g/mol. The largest absolute Gasteiger partial charge is 0.445 e. The van der Waals surface area contributed by atoms with Crippen LogP contribution in [0.2, 0.25) is 0 Å². The van der Waals surface area contributed by atoms with Crippen molar-refractivity contribution in [3.05, 3.63) is 96.1 Å². The molecule has 30 heavy (non-hydrogen) atoms. The Balaban J connectivity index is 1.56. The molecule has 1 aliphatic rings. The second kappa shape index (κ2) is 8.51. The molecule has 5 heteroatoms. The van der Waals surface area contributed by atoms with Gasteiger partial charge in [0, 0.05) is 12.8 Å². The lowest BCUT2D eigenvalue weighted by atomic mass is 9.92. The second-order valence-electron chi connectivity index (χ2n) is 7.46. The number of Topliss-reactive ketones (excluding diaryl/α,β-unsaturated/α-hetero) is 1. The minimum Gasteiger partial charge on any atom is -0.445 e. The van der Waals surface area contributed by atoms with Crippen molar-refractivity contribution in [1.82, 2.24) is 0 Å². The first-order chi connectivity index (χ1) is 14.6. The number of para-hydroxylation sites is 2. The zero-order valence-electron chi connectivity index (χ0n) is 16.5. The van der Waals surface area contributed by atoms with Crippen LogP contribution in [-0.2, 0) is 22.4 Å². The number of benzene rings is 3. The number of nitrogens with zero attached hydrogens (tertiary/aromatic N) is 1. The summed E-state index contributed by atoms with van der Waals surface area (Å²) in [5.74, 6) is -0.308. The zero-order valence-corrected chi connectivity index (χ0v) is 16.5. The van der Waals surface area contributed by atoms with Crippen LogP contribution in [0.5, 0.6) is 0 Å². The van der Waals surface area contributed by atoms with E-state index in [2.05, 4.69) is 0 Å². The molecular weight excluding hydrogens is 378 g/mol. The summed E-state index contributed by atoms with van der Waals surface area (Å²) in [5.41, 5.74) is 1.49.